The topological polar surface area (TPSA) is 49.7 Å². The minimum absolute atomic E-state index is 0.0203. The number of hydrogen-bond donors (Lipinski definition) is 2. The van der Waals surface area contributed by atoms with Crippen molar-refractivity contribution in [3.63, 3.8) is 0 Å². The first-order chi connectivity index (χ1) is 7.24. The van der Waals surface area contributed by atoms with Crippen LogP contribution in [0.4, 0.5) is 4.39 Å². The first kappa shape index (κ1) is 12.1. The van der Waals surface area contributed by atoms with Crippen molar-refractivity contribution in [2.24, 2.45) is 0 Å². The summed E-state index contributed by atoms with van der Waals surface area (Å²) in [7, 11) is 0. The summed E-state index contributed by atoms with van der Waals surface area (Å²) in [5.74, 6) is -0.345. The molecule has 15 heavy (non-hydrogen) atoms. The highest BCUT2D eigenvalue weighted by atomic mass is 19.1. The highest BCUT2D eigenvalue weighted by molar-refractivity contribution is 5.17. The van der Waals surface area contributed by atoms with Crippen LogP contribution in [0, 0.1) is 5.82 Å². The maximum atomic E-state index is 13.1. The minimum atomic E-state index is -1.02. The standard InChI is InChI=1S/C11H15FO3/c12-10-5-2-1-4-9(10)8-11(14)15-7-3-6-13/h1-2,4-5,11,13-14H,3,6-8H2. The van der Waals surface area contributed by atoms with Gasteiger partial charge < -0.3 is 14.9 Å². The second-order valence-corrected chi connectivity index (χ2v) is 3.20. The third-order valence-corrected chi connectivity index (χ3v) is 1.97. The number of aliphatic hydroxyl groups is 2. The van der Waals surface area contributed by atoms with Gasteiger partial charge in [-0.1, -0.05) is 18.2 Å². The van der Waals surface area contributed by atoms with Crippen LogP contribution >= 0.6 is 0 Å². The molecule has 0 saturated carbocycles. The number of ether oxygens (including phenoxy) is 1. The smallest absolute Gasteiger partial charge is 0.158 e. The Morgan fingerprint density at radius 2 is 2.07 bits per heavy atom. The molecular formula is C11H15FO3. The largest absolute Gasteiger partial charge is 0.396 e. The fourth-order valence-corrected chi connectivity index (χ4v) is 1.19. The van der Waals surface area contributed by atoms with Crippen LogP contribution in [0.5, 0.6) is 0 Å². The van der Waals surface area contributed by atoms with Crippen molar-refractivity contribution in [1.29, 1.82) is 0 Å². The number of halogens is 1. The van der Waals surface area contributed by atoms with Crippen LogP contribution in [-0.4, -0.2) is 29.7 Å². The Hall–Kier alpha value is -0.970. The van der Waals surface area contributed by atoms with Gasteiger partial charge >= 0.3 is 0 Å². The Kier molecular flexibility index (Phi) is 5.25. The number of rotatable bonds is 6. The van der Waals surface area contributed by atoms with Gasteiger partial charge in [0.1, 0.15) is 5.82 Å². The molecule has 2 N–H and O–H groups in total. The molecule has 0 aliphatic rings. The van der Waals surface area contributed by atoms with Crippen LogP contribution in [0.3, 0.4) is 0 Å². The van der Waals surface area contributed by atoms with Crippen molar-refractivity contribution in [3.8, 4) is 0 Å². The monoisotopic (exact) mass is 214 g/mol. The molecule has 3 nitrogen and oxygen atoms in total. The van der Waals surface area contributed by atoms with E-state index in [1.165, 1.54) is 6.07 Å². The van der Waals surface area contributed by atoms with Gasteiger partial charge in [-0.15, -0.1) is 0 Å². The first-order valence-electron chi connectivity index (χ1n) is 4.88. The quantitative estimate of drug-likeness (QED) is 0.550. The van der Waals surface area contributed by atoms with Gasteiger partial charge in [-0.05, 0) is 18.1 Å². The molecule has 0 heterocycles. The summed E-state index contributed by atoms with van der Waals surface area (Å²) in [6.07, 6.45) is -0.430. The summed E-state index contributed by atoms with van der Waals surface area (Å²) in [5.41, 5.74) is 0.425. The maximum absolute atomic E-state index is 13.1. The van der Waals surface area contributed by atoms with Crippen molar-refractivity contribution >= 4 is 0 Å². The minimum Gasteiger partial charge on any atom is -0.396 e. The van der Waals surface area contributed by atoms with E-state index in [0.29, 0.717) is 12.0 Å². The van der Waals surface area contributed by atoms with Crippen molar-refractivity contribution in [2.45, 2.75) is 19.1 Å². The van der Waals surface area contributed by atoms with Gasteiger partial charge in [0.25, 0.3) is 0 Å². The third kappa shape index (κ3) is 4.38. The van der Waals surface area contributed by atoms with Crippen molar-refractivity contribution in [1.82, 2.24) is 0 Å². The Labute approximate surface area is 88.1 Å². The Balaban J connectivity index is 2.37. The van der Waals surface area contributed by atoms with Crippen molar-refractivity contribution < 1.29 is 19.3 Å². The Bertz CT molecular complexity index is 291. The molecule has 1 aromatic rings. The molecule has 0 radical (unpaired) electrons. The molecule has 1 aromatic carbocycles. The highest BCUT2D eigenvalue weighted by Gasteiger charge is 2.08. The zero-order valence-electron chi connectivity index (χ0n) is 8.40. The lowest BCUT2D eigenvalue weighted by molar-refractivity contribution is -0.100. The average Bonchev–Trinajstić information content (AvgIpc) is 2.22. The molecule has 0 aliphatic carbocycles. The Morgan fingerprint density at radius 3 is 2.73 bits per heavy atom. The SMILES string of the molecule is OCCCOC(O)Cc1ccccc1F. The van der Waals surface area contributed by atoms with Gasteiger partial charge in [0, 0.05) is 13.0 Å². The van der Waals surface area contributed by atoms with Crippen LogP contribution in [0.2, 0.25) is 0 Å². The maximum Gasteiger partial charge on any atom is 0.158 e. The van der Waals surface area contributed by atoms with E-state index in [1.807, 2.05) is 0 Å². The predicted molar refractivity (Wildman–Crippen MR) is 53.8 cm³/mol. The lowest BCUT2D eigenvalue weighted by Crippen LogP contribution is -2.17. The third-order valence-electron chi connectivity index (χ3n) is 1.97. The Morgan fingerprint density at radius 1 is 1.33 bits per heavy atom. The molecule has 0 aromatic heterocycles. The second-order valence-electron chi connectivity index (χ2n) is 3.20. The van der Waals surface area contributed by atoms with Crippen LogP contribution in [0.25, 0.3) is 0 Å². The molecule has 1 unspecified atom stereocenters. The van der Waals surface area contributed by atoms with E-state index in [9.17, 15) is 9.50 Å². The molecule has 0 spiro atoms. The fraction of sp³-hybridized carbons (Fsp3) is 0.455. The zero-order valence-corrected chi connectivity index (χ0v) is 8.40. The van der Waals surface area contributed by atoms with Gasteiger partial charge in [-0.2, -0.15) is 0 Å². The van der Waals surface area contributed by atoms with E-state index in [0.717, 1.165) is 0 Å². The number of benzene rings is 1. The molecule has 84 valence electrons. The molecule has 0 saturated heterocycles. The molecule has 1 rings (SSSR count). The summed E-state index contributed by atoms with van der Waals surface area (Å²) >= 11 is 0. The molecule has 0 amide bonds. The second kappa shape index (κ2) is 6.50. The first-order valence-corrected chi connectivity index (χ1v) is 4.88. The van der Waals surface area contributed by atoms with Gasteiger partial charge in [0.2, 0.25) is 0 Å². The summed E-state index contributed by atoms with van der Waals surface area (Å²) in [4.78, 5) is 0. The van der Waals surface area contributed by atoms with Gasteiger partial charge in [0.15, 0.2) is 6.29 Å². The number of hydrogen-bond acceptors (Lipinski definition) is 3. The molecule has 0 aliphatic heterocycles. The average molecular weight is 214 g/mol. The van der Waals surface area contributed by atoms with Crippen molar-refractivity contribution in [3.05, 3.63) is 35.6 Å². The van der Waals surface area contributed by atoms with E-state index in [-0.39, 0.29) is 25.5 Å². The number of aliphatic hydroxyl groups excluding tert-OH is 2. The summed E-state index contributed by atoms with van der Waals surface area (Å²) < 4.78 is 18.1. The van der Waals surface area contributed by atoms with Crippen LogP contribution in [0.15, 0.2) is 24.3 Å². The van der Waals surface area contributed by atoms with Crippen LogP contribution in [-0.2, 0) is 11.2 Å². The van der Waals surface area contributed by atoms with Gasteiger partial charge in [-0.3, -0.25) is 0 Å². The normalized spacial score (nSPS) is 12.7. The van der Waals surface area contributed by atoms with Crippen LogP contribution < -0.4 is 0 Å². The van der Waals surface area contributed by atoms with Crippen molar-refractivity contribution in [2.75, 3.05) is 13.2 Å². The van der Waals surface area contributed by atoms with E-state index in [2.05, 4.69) is 0 Å². The predicted octanol–water partition coefficient (Wildman–Crippen LogP) is 1.09. The molecular weight excluding hydrogens is 199 g/mol. The molecule has 4 heteroatoms. The molecule has 1 atom stereocenters. The fourth-order valence-electron chi connectivity index (χ4n) is 1.19. The summed E-state index contributed by atoms with van der Waals surface area (Å²) in [6.45, 7) is 0.290. The lowest BCUT2D eigenvalue weighted by atomic mass is 10.1. The van der Waals surface area contributed by atoms with Gasteiger partial charge in [0.05, 0.1) is 6.61 Å². The van der Waals surface area contributed by atoms with E-state index in [1.54, 1.807) is 18.2 Å². The van der Waals surface area contributed by atoms with Crippen LogP contribution in [0.1, 0.15) is 12.0 Å². The van der Waals surface area contributed by atoms with E-state index >= 15 is 0 Å². The summed E-state index contributed by atoms with van der Waals surface area (Å²) in [5, 5.41) is 17.9. The lowest BCUT2D eigenvalue weighted by Gasteiger charge is -2.11. The van der Waals surface area contributed by atoms with E-state index in [4.69, 9.17) is 9.84 Å². The molecule has 0 bridgehead atoms. The summed E-state index contributed by atoms with van der Waals surface area (Å²) in [6, 6.07) is 6.25. The molecule has 0 fully saturated rings. The van der Waals surface area contributed by atoms with Gasteiger partial charge in [-0.25, -0.2) is 4.39 Å². The van der Waals surface area contributed by atoms with E-state index < -0.39 is 6.29 Å². The zero-order chi connectivity index (χ0) is 11.1. The highest BCUT2D eigenvalue weighted by Crippen LogP contribution is 2.09.